The summed E-state index contributed by atoms with van der Waals surface area (Å²) in [4.78, 5) is 17.9. The van der Waals surface area contributed by atoms with Crippen LogP contribution < -0.4 is 5.32 Å². The predicted octanol–water partition coefficient (Wildman–Crippen LogP) is 4.57. The number of hydrogen-bond acceptors (Lipinski definition) is 3. The molecule has 2 aromatic heterocycles. The lowest BCUT2D eigenvalue weighted by Gasteiger charge is -2.23. The second kappa shape index (κ2) is 6.71. The van der Waals surface area contributed by atoms with Crippen molar-refractivity contribution in [3.63, 3.8) is 0 Å². The molecule has 3 rings (SSSR count). The van der Waals surface area contributed by atoms with Crippen molar-refractivity contribution >= 4 is 33.2 Å². The number of rotatable bonds is 4. The number of carbonyl (C=O) groups is 1. The van der Waals surface area contributed by atoms with Crippen LogP contribution in [-0.2, 0) is 0 Å². The van der Waals surface area contributed by atoms with Gasteiger partial charge in [0.2, 0.25) is 0 Å². The molecule has 2 heterocycles. The van der Waals surface area contributed by atoms with Crippen molar-refractivity contribution in [1.29, 1.82) is 0 Å². The van der Waals surface area contributed by atoms with E-state index in [1.54, 1.807) is 23.6 Å². The summed E-state index contributed by atoms with van der Waals surface area (Å²) < 4.78 is 0.879. The van der Waals surface area contributed by atoms with Crippen molar-refractivity contribution in [2.24, 2.45) is 5.92 Å². The molecule has 5 heteroatoms. The van der Waals surface area contributed by atoms with Crippen LogP contribution in [0.4, 0.5) is 0 Å². The molecule has 110 valence electrons. The number of pyridine rings is 1. The maximum Gasteiger partial charge on any atom is 0.270 e. The van der Waals surface area contributed by atoms with Crippen LogP contribution in [-0.4, -0.2) is 10.9 Å². The van der Waals surface area contributed by atoms with E-state index in [1.807, 2.05) is 12.1 Å². The summed E-state index contributed by atoms with van der Waals surface area (Å²) in [5.41, 5.74) is 0.470. The highest BCUT2D eigenvalue weighted by atomic mass is 79.9. The van der Waals surface area contributed by atoms with Crippen molar-refractivity contribution < 1.29 is 4.79 Å². The van der Waals surface area contributed by atoms with Gasteiger partial charge in [0.25, 0.3) is 5.91 Å². The summed E-state index contributed by atoms with van der Waals surface area (Å²) in [6.07, 6.45) is 6.57. The average Bonchev–Trinajstić information content (AvgIpc) is 3.19. The lowest BCUT2D eigenvalue weighted by atomic mass is 9.96. The van der Waals surface area contributed by atoms with Crippen LogP contribution in [0, 0.1) is 5.92 Å². The van der Waals surface area contributed by atoms with E-state index >= 15 is 0 Å². The van der Waals surface area contributed by atoms with Crippen molar-refractivity contribution in [3.8, 4) is 0 Å². The predicted molar refractivity (Wildman–Crippen MR) is 88.4 cm³/mol. The molecule has 1 aliphatic carbocycles. The highest BCUT2D eigenvalue weighted by Gasteiger charge is 2.28. The molecule has 1 unspecified atom stereocenters. The number of amides is 1. The third-order valence-corrected chi connectivity index (χ3v) is 5.39. The molecule has 1 N–H and O–H groups in total. The SMILES string of the molecule is O=C(NC(c1cccs1)C1CCCC1)c1ccc(Br)cn1. The van der Waals surface area contributed by atoms with Crippen LogP contribution >= 0.6 is 27.3 Å². The van der Waals surface area contributed by atoms with Gasteiger partial charge in [-0.3, -0.25) is 4.79 Å². The van der Waals surface area contributed by atoms with E-state index in [-0.39, 0.29) is 11.9 Å². The van der Waals surface area contributed by atoms with Gasteiger partial charge >= 0.3 is 0 Å². The Morgan fingerprint density at radius 1 is 1.33 bits per heavy atom. The van der Waals surface area contributed by atoms with Crippen LogP contribution in [0.3, 0.4) is 0 Å². The standard InChI is InChI=1S/C16H17BrN2OS/c17-12-7-8-13(18-10-12)16(20)19-15(11-4-1-2-5-11)14-6-3-9-21-14/h3,6-11,15H,1-2,4-5H2,(H,19,20). The normalized spacial score (nSPS) is 16.8. The van der Waals surface area contributed by atoms with Gasteiger partial charge in [-0.1, -0.05) is 18.9 Å². The molecule has 1 saturated carbocycles. The average molecular weight is 365 g/mol. The molecule has 3 nitrogen and oxygen atoms in total. The number of halogens is 1. The Kier molecular flexibility index (Phi) is 4.70. The lowest BCUT2D eigenvalue weighted by molar-refractivity contribution is 0.0917. The van der Waals surface area contributed by atoms with Gasteiger partial charge in [0.15, 0.2) is 0 Å². The Balaban J connectivity index is 1.77. The second-order valence-corrected chi connectivity index (χ2v) is 7.27. The van der Waals surface area contributed by atoms with Gasteiger partial charge in [-0.25, -0.2) is 4.98 Å². The summed E-state index contributed by atoms with van der Waals surface area (Å²) in [5, 5.41) is 5.26. The molecule has 1 fully saturated rings. The Morgan fingerprint density at radius 3 is 2.76 bits per heavy atom. The number of thiophene rings is 1. The quantitative estimate of drug-likeness (QED) is 0.863. The number of nitrogens with zero attached hydrogens (tertiary/aromatic N) is 1. The molecular weight excluding hydrogens is 348 g/mol. The van der Waals surface area contributed by atoms with Crippen LogP contribution in [0.5, 0.6) is 0 Å². The van der Waals surface area contributed by atoms with Crippen molar-refractivity contribution in [2.45, 2.75) is 31.7 Å². The monoisotopic (exact) mass is 364 g/mol. The van der Waals surface area contributed by atoms with Gasteiger partial charge < -0.3 is 5.32 Å². The Labute approximate surface area is 136 Å². The summed E-state index contributed by atoms with van der Waals surface area (Å²) in [6.45, 7) is 0. The molecule has 1 atom stereocenters. The first-order valence-electron chi connectivity index (χ1n) is 7.20. The number of carbonyl (C=O) groups excluding carboxylic acids is 1. The maximum atomic E-state index is 12.4. The highest BCUT2D eigenvalue weighted by molar-refractivity contribution is 9.10. The zero-order valence-corrected chi connectivity index (χ0v) is 14.0. The Hall–Kier alpha value is -1.20. The molecule has 2 aromatic rings. The summed E-state index contributed by atoms with van der Waals surface area (Å²) in [5.74, 6) is 0.454. The van der Waals surface area contributed by atoms with E-state index in [1.165, 1.54) is 30.6 Å². The first kappa shape index (κ1) is 14.7. The first-order valence-corrected chi connectivity index (χ1v) is 8.87. The van der Waals surface area contributed by atoms with Crippen molar-refractivity contribution in [2.75, 3.05) is 0 Å². The topological polar surface area (TPSA) is 42.0 Å². The fourth-order valence-electron chi connectivity index (χ4n) is 2.91. The molecule has 0 saturated heterocycles. The van der Waals surface area contributed by atoms with Crippen LogP contribution in [0.25, 0.3) is 0 Å². The second-order valence-electron chi connectivity index (χ2n) is 5.37. The van der Waals surface area contributed by atoms with Gasteiger partial charge in [-0.2, -0.15) is 0 Å². The van der Waals surface area contributed by atoms with Gasteiger partial charge in [0.05, 0.1) is 6.04 Å². The van der Waals surface area contributed by atoms with Crippen LogP contribution in [0.2, 0.25) is 0 Å². The Morgan fingerprint density at radius 2 is 2.14 bits per heavy atom. The Bertz CT molecular complexity index is 591. The largest absolute Gasteiger partial charge is 0.343 e. The molecule has 0 radical (unpaired) electrons. The van der Waals surface area contributed by atoms with E-state index in [0.29, 0.717) is 11.6 Å². The molecule has 0 aromatic carbocycles. The fourth-order valence-corrected chi connectivity index (χ4v) is 4.01. The molecule has 0 aliphatic heterocycles. The van der Waals surface area contributed by atoms with E-state index in [9.17, 15) is 4.79 Å². The first-order chi connectivity index (χ1) is 10.2. The van der Waals surface area contributed by atoms with Gasteiger partial charge in [0, 0.05) is 15.5 Å². The maximum absolute atomic E-state index is 12.4. The minimum absolute atomic E-state index is 0.0900. The minimum atomic E-state index is -0.0900. The minimum Gasteiger partial charge on any atom is -0.343 e. The van der Waals surface area contributed by atoms with Crippen LogP contribution in [0.15, 0.2) is 40.3 Å². The fraction of sp³-hybridized carbons (Fsp3) is 0.375. The highest BCUT2D eigenvalue weighted by Crippen LogP contribution is 2.37. The molecule has 21 heavy (non-hydrogen) atoms. The van der Waals surface area contributed by atoms with Gasteiger partial charge in [0.1, 0.15) is 5.69 Å². The summed E-state index contributed by atoms with van der Waals surface area (Å²) in [7, 11) is 0. The zero-order valence-electron chi connectivity index (χ0n) is 11.6. The van der Waals surface area contributed by atoms with E-state index < -0.39 is 0 Å². The van der Waals surface area contributed by atoms with Crippen molar-refractivity contribution in [1.82, 2.24) is 10.3 Å². The van der Waals surface area contributed by atoms with Crippen molar-refractivity contribution in [3.05, 3.63) is 50.9 Å². The number of nitrogens with one attached hydrogen (secondary N) is 1. The molecule has 1 aliphatic rings. The van der Waals surface area contributed by atoms with Gasteiger partial charge in [-0.05, 0) is 58.3 Å². The molecule has 0 bridgehead atoms. The van der Waals surface area contributed by atoms with E-state index in [0.717, 1.165) is 4.47 Å². The molecular formula is C16H17BrN2OS. The zero-order chi connectivity index (χ0) is 14.7. The lowest BCUT2D eigenvalue weighted by Crippen LogP contribution is -2.32. The number of aromatic nitrogens is 1. The molecule has 0 spiro atoms. The smallest absolute Gasteiger partial charge is 0.270 e. The molecule has 1 amide bonds. The number of hydrogen-bond donors (Lipinski definition) is 1. The summed E-state index contributed by atoms with van der Waals surface area (Å²) >= 11 is 5.05. The summed E-state index contributed by atoms with van der Waals surface area (Å²) in [6, 6.07) is 7.87. The van der Waals surface area contributed by atoms with Gasteiger partial charge in [-0.15, -0.1) is 11.3 Å². The van der Waals surface area contributed by atoms with E-state index in [2.05, 4.69) is 37.7 Å². The van der Waals surface area contributed by atoms with E-state index in [4.69, 9.17) is 0 Å². The third-order valence-electron chi connectivity index (χ3n) is 3.97. The third kappa shape index (κ3) is 3.52. The van der Waals surface area contributed by atoms with Crippen LogP contribution in [0.1, 0.15) is 47.1 Å².